The number of hydrogen-bond donors (Lipinski definition) is 3. The molecule has 1 aromatic rings. The van der Waals surface area contributed by atoms with Crippen LogP contribution in [0.2, 0.25) is 0 Å². The van der Waals surface area contributed by atoms with Crippen molar-refractivity contribution in [3.05, 3.63) is 29.3 Å². The lowest BCUT2D eigenvalue weighted by atomic mass is 10.1. The van der Waals surface area contributed by atoms with E-state index in [2.05, 4.69) is 4.72 Å². The highest BCUT2D eigenvalue weighted by molar-refractivity contribution is 7.89. The van der Waals surface area contributed by atoms with Crippen LogP contribution in [0.1, 0.15) is 18.1 Å². The van der Waals surface area contributed by atoms with Gasteiger partial charge in [0.15, 0.2) is 6.10 Å². The number of hydrogen-bond acceptors (Lipinski definition) is 6. The van der Waals surface area contributed by atoms with Gasteiger partial charge in [-0.25, -0.2) is 13.2 Å². The van der Waals surface area contributed by atoms with E-state index in [1.54, 1.807) is 18.3 Å². The normalized spacial score (nSPS) is 12.3. The zero-order valence-corrected chi connectivity index (χ0v) is 14.3. The van der Waals surface area contributed by atoms with Gasteiger partial charge in [0.1, 0.15) is 6.54 Å². The fourth-order valence-corrected chi connectivity index (χ4v) is 2.69. The third kappa shape index (κ3) is 5.63. The van der Waals surface area contributed by atoms with Crippen molar-refractivity contribution in [2.75, 3.05) is 6.54 Å². The van der Waals surface area contributed by atoms with Crippen LogP contribution in [0.15, 0.2) is 23.1 Å². The van der Waals surface area contributed by atoms with Crippen LogP contribution < -0.4 is 15.8 Å². The lowest BCUT2D eigenvalue weighted by Crippen LogP contribution is -2.43. The van der Waals surface area contributed by atoms with Gasteiger partial charge in [-0.05, 0) is 44.0 Å². The van der Waals surface area contributed by atoms with E-state index in [1.165, 1.54) is 19.1 Å². The van der Waals surface area contributed by atoms with Gasteiger partial charge >= 0.3 is 12.0 Å². The van der Waals surface area contributed by atoms with Crippen LogP contribution in [-0.2, 0) is 24.3 Å². The van der Waals surface area contributed by atoms with E-state index in [-0.39, 0.29) is 4.90 Å². The van der Waals surface area contributed by atoms with Crippen LogP contribution in [0.4, 0.5) is 4.79 Å². The number of nitrogens with two attached hydrogens (primary N) is 1. The van der Waals surface area contributed by atoms with E-state index in [4.69, 9.17) is 10.5 Å². The molecule has 0 radical (unpaired) electrons. The zero-order valence-electron chi connectivity index (χ0n) is 13.5. The van der Waals surface area contributed by atoms with Gasteiger partial charge in [0.25, 0.3) is 5.91 Å². The number of imide groups is 1. The third-order valence-corrected chi connectivity index (χ3v) is 4.52. The lowest BCUT2D eigenvalue weighted by molar-refractivity contribution is -0.153. The summed E-state index contributed by atoms with van der Waals surface area (Å²) in [6.45, 7) is 4.16. The Morgan fingerprint density at radius 1 is 1.21 bits per heavy atom. The van der Waals surface area contributed by atoms with Crippen molar-refractivity contribution in [3.63, 3.8) is 0 Å². The van der Waals surface area contributed by atoms with Crippen molar-refractivity contribution in [1.82, 2.24) is 10.0 Å². The highest BCUT2D eigenvalue weighted by atomic mass is 32.2. The topological polar surface area (TPSA) is 145 Å². The molecule has 3 amide bonds. The fourth-order valence-electron chi connectivity index (χ4n) is 1.63. The molecule has 9 nitrogen and oxygen atoms in total. The molecule has 1 rings (SSSR count). The van der Waals surface area contributed by atoms with E-state index < -0.39 is 40.6 Å². The molecule has 1 atom stereocenters. The molecule has 0 heterocycles. The number of benzene rings is 1. The number of aryl methyl sites for hydroxylation is 2. The molecule has 0 fully saturated rings. The van der Waals surface area contributed by atoms with E-state index in [1.807, 2.05) is 6.92 Å². The molecule has 0 saturated heterocycles. The quantitative estimate of drug-likeness (QED) is 0.597. The van der Waals surface area contributed by atoms with Gasteiger partial charge in [-0.1, -0.05) is 6.07 Å². The molecule has 0 unspecified atom stereocenters. The van der Waals surface area contributed by atoms with Crippen LogP contribution in [0.5, 0.6) is 0 Å². The minimum Gasteiger partial charge on any atom is -0.452 e. The predicted molar refractivity (Wildman–Crippen MR) is 84.4 cm³/mol. The average molecular weight is 357 g/mol. The summed E-state index contributed by atoms with van der Waals surface area (Å²) in [5.41, 5.74) is 6.48. The number of nitrogens with one attached hydrogen (secondary N) is 2. The number of carbonyl (C=O) groups excluding carboxylic acids is 3. The largest absolute Gasteiger partial charge is 0.452 e. The molecule has 10 heteroatoms. The molecule has 24 heavy (non-hydrogen) atoms. The molecule has 0 aromatic heterocycles. The summed E-state index contributed by atoms with van der Waals surface area (Å²) in [6.07, 6.45) is -1.30. The van der Waals surface area contributed by atoms with Crippen molar-refractivity contribution < 1.29 is 27.5 Å². The Balaban J connectivity index is 2.64. The zero-order chi connectivity index (χ0) is 18.5. The second-order valence-corrected chi connectivity index (χ2v) is 6.82. The Bertz CT molecular complexity index is 760. The van der Waals surface area contributed by atoms with Crippen molar-refractivity contribution >= 4 is 27.9 Å². The van der Waals surface area contributed by atoms with Gasteiger partial charge in [0.05, 0.1) is 4.90 Å². The number of esters is 1. The number of primary amides is 1. The second-order valence-electron chi connectivity index (χ2n) is 5.06. The highest BCUT2D eigenvalue weighted by Gasteiger charge is 2.21. The molecule has 0 saturated carbocycles. The van der Waals surface area contributed by atoms with Crippen LogP contribution in [0.3, 0.4) is 0 Å². The molecule has 0 aliphatic heterocycles. The Labute approximate surface area is 139 Å². The first-order valence-electron chi connectivity index (χ1n) is 6.89. The molecule has 0 aliphatic rings. The number of urea groups is 1. The average Bonchev–Trinajstić information content (AvgIpc) is 2.47. The van der Waals surface area contributed by atoms with Gasteiger partial charge < -0.3 is 10.5 Å². The molecule has 1 aromatic carbocycles. The maximum absolute atomic E-state index is 12.1. The maximum atomic E-state index is 12.1. The first-order valence-corrected chi connectivity index (χ1v) is 8.38. The van der Waals surface area contributed by atoms with E-state index in [0.29, 0.717) is 0 Å². The third-order valence-electron chi connectivity index (χ3n) is 3.12. The van der Waals surface area contributed by atoms with Crippen molar-refractivity contribution in [2.45, 2.75) is 31.8 Å². The number of amides is 3. The van der Waals surface area contributed by atoms with Crippen LogP contribution >= 0.6 is 0 Å². The van der Waals surface area contributed by atoms with Gasteiger partial charge in [-0.2, -0.15) is 4.72 Å². The van der Waals surface area contributed by atoms with Crippen LogP contribution in [0, 0.1) is 13.8 Å². The van der Waals surface area contributed by atoms with E-state index >= 15 is 0 Å². The summed E-state index contributed by atoms with van der Waals surface area (Å²) < 4.78 is 31.0. The minimum absolute atomic E-state index is 0.0120. The number of carbonyl (C=O) groups is 3. The molecular weight excluding hydrogens is 338 g/mol. The fraction of sp³-hybridized carbons (Fsp3) is 0.357. The SMILES string of the molecule is Cc1ccc(S(=O)(=O)NCC(=O)O[C@@H](C)C(=O)NC(N)=O)cc1C. The summed E-state index contributed by atoms with van der Waals surface area (Å²) in [5, 5.41) is 1.74. The molecule has 0 aliphatic carbocycles. The predicted octanol–water partition coefficient (Wildman–Crippen LogP) is -0.292. The lowest BCUT2D eigenvalue weighted by Gasteiger charge is -2.13. The standard InChI is InChI=1S/C14H19N3O6S/c1-8-4-5-11(6-9(8)2)24(21,22)16-7-12(18)23-10(3)13(19)17-14(15)20/h4-6,10,16H,7H2,1-3H3,(H3,15,17,19,20)/t10-/m0/s1. The monoisotopic (exact) mass is 357 g/mol. The van der Waals surface area contributed by atoms with Gasteiger partial charge in [0, 0.05) is 0 Å². The van der Waals surface area contributed by atoms with Crippen molar-refractivity contribution in [1.29, 1.82) is 0 Å². The van der Waals surface area contributed by atoms with E-state index in [0.717, 1.165) is 11.1 Å². The van der Waals surface area contributed by atoms with Crippen molar-refractivity contribution in [2.24, 2.45) is 5.73 Å². The van der Waals surface area contributed by atoms with Crippen LogP contribution in [0.25, 0.3) is 0 Å². The Morgan fingerprint density at radius 2 is 1.83 bits per heavy atom. The number of rotatable bonds is 6. The molecule has 4 N–H and O–H groups in total. The number of sulfonamides is 1. The Morgan fingerprint density at radius 3 is 2.38 bits per heavy atom. The smallest absolute Gasteiger partial charge is 0.321 e. The summed E-state index contributed by atoms with van der Waals surface area (Å²) in [6, 6.07) is 3.46. The second kappa shape index (κ2) is 7.88. The Kier molecular flexibility index (Phi) is 6.43. The minimum atomic E-state index is -3.90. The summed E-state index contributed by atoms with van der Waals surface area (Å²) >= 11 is 0. The maximum Gasteiger partial charge on any atom is 0.321 e. The summed E-state index contributed by atoms with van der Waals surface area (Å²) in [5.74, 6) is -1.89. The van der Waals surface area contributed by atoms with Crippen molar-refractivity contribution in [3.8, 4) is 0 Å². The molecular formula is C14H19N3O6S. The number of ether oxygens (including phenoxy) is 1. The van der Waals surface area contributed by atoms with Crippen LogP contribution in [-0.4, -0.2) is 39.0 Å². The highest BCUT2D eigenvalue weighted by Crippen LogP contribution is 2.14. The van der Waals surface area contributed by atoms with Gasteiger partial charge in [0.2, 0.25) is 10.0 Å². The van der Waals surface area contributed by atoms with E-state index in [9.17, 15) is 22.8 Å². The molecule has 0 bridgehead atoms. The Hall–Kier alpha value is -2.46. The summed E-state index contributed by atoms with van der Waals surface area (Å²) in [7, 11) is -3.90. The summed E-state index contributed by atoms with van der Waals surface area (Å²) in [4.78, 5) is 33.5. The molecule has 132 valence electrons. The first kappa shape index (κ1) is 19.6. The van der Waals surface area contributed by atoms with Gasteiger partial charge in [-0.3, -0.25) is 14.9 Å². The molecule has 0 spiro atoms. The first-order chi connectivity index (χ1) is 11.0. The van der Waals surface area contributed by atoms with Gasteiger partial charge in [-0.15, -0.1) is 0 Å².